The fraction of sp³-hybridized carbons (Fsp3) is 0.350. The molecule has 0 aliphatic carbocycles. The molecule has 0 saturated carbocycles. The molecular weight excluding hydrogens is 392 g/mol. The van der Waals surface area contributed by atoms with E-state index in [4.69, 9.17) is 0 Å². The van der Waals surface area contributed by atoms with Gasteiger partial charge in [-0.05, 0) is 29.9 Å². The van der Waals surface area contributed by atoms with Crippen LogP contribution in [0.15, 0.2) is 46.4 Å². The summed E-state index contributed by atoms with van der Waals surface area (Å²) in [5.74, 6) is 1.39. The summed E-state index contributed by atoms with van der Waals surface area (Å²) in [7, 11) is 0. The Kier molecular flexibility index (Phi) is 5.77. The highest BCUT2D eigenvalue weighted by Gasteiger charge is 2.36. The smallest absolute Gasteiger partial charge is 0.235 e. The van der Waals surface area contributed by atoms with Crippen LogP contribution in [-0.2, 0) is 16.0 Å². The predicted molar refractivity (Wildman–Crippen MR) is 117 cm³/mol. The summed E-state index contributed by atoms with van der Waals surface area (Å²) < 4.78 is 0. The van der Waals surface area contributed by atoms with Gasteiger partial charge in [0.25, 0.3) is 0 Å². The second-order valence-electron chi connectivity index (χ2n) is 6.83. The number of carbonyl (C=O) groups excluding carboxylic acids is 2. The van der Waals surface area contributed by atoms with Gasteiger partial charge in [-0.2, -0.15) is 0 Å². The minimum absolute atomic E-state index is 0.00166. The second kappa shape index (κ2) is 8.45. The number of benzene rings is 1. The van der Waals surface area contributed by atoms with Crippen LogP contribution >= 0.6 is 23.5 Å². The van der Waals surface area contributed by atoms with Crippen molar-refractivity contribution < 1.29 is 9.59 Å². The number of amides is 2. The minimum atomic E-state index is -0.161. The van der Waals surface area contributed by atoms with Crippen molar-refractivity contribution in [1.29, 1.82) is 0 Å². The lowest BCUT2D eigenvalue weighted by Gasteiger charge is -2.22. The van der Waals surface area contributed by atoms with Gasteiger partial charge < -0.3 is 15.6 Å². The van der Waals surface area contributed by atoms with E-state index in [1.807, 2.05) is 37.4 Å². The number of aromatic nitrogens is 1. The molecule has 2 amide bonds. The molecule has 146 valence electrons. The van der Waals surface area contributed by atoms with E-state index in [1.165, 1.54) is 22.7 Å². The monoisotopic (exact) mass is 414 g/mol. The molecular formula is C20H22N4O2S2. The predicted octanol–water partition coefficient (Wildman–Crippen LogP) is 2.68. The quantitative estimate of drug-likeness (QED) is 0.650. The van der Waals surface area contributed by atoms with Gasteiger partial charge >= 0.3 is 0 Å². The van der Waals surface area contributed by atoms with Crippen LogP contribution in [0.5, 0.6) is 0 Å². The van der Waals surface area contributed by atoms with Crippen molar-refractivity contribution in [2.45, 2.75) is 18.7 Å². The summed E-state index contributed by atoms with van der Waals surface area (Å²) in [4.78, 5) is 33.2. The fourth-order valence-corrected chi connectivity index (χ4v) is 5.27. The van der Waals surface area contributed by atoms with Gasteiger partial charge in [0, 0.05) is 23.6 Å². The van der Waals surface area contributed by atoms with Crippen LogP contribution in [0.2, 0.25) is 0 Å². The third kappa shape index (κ3) is 4.28. The molecule has 2 atom stereocenters. The van der Waals surface area contributed by atoms with Crippen molar-refractivity contribution in [3.05, 3.63) is 47.0 Å². The third-order valence-corrected chi connectivity index (χ3v) is 6.84. The van der Waals surface area contributed by atoms with Gasteiger partial charge in [-0.25, -0.2) is 0 Å². The highest BCUT2D eigenvalue weighted by molar-refractivity contribution is 8.04. The van der Waals surface area contributed by atoms with Gasteiger partial charge in [0.2, 0.25) is 11.8 Å². The Morgan fingerprint density at radius 2 is 2.21 bits per heavy atom. The number of H-pyrrole nitrogens is 1. The average molecular weight is 415 g/mol. The third-order valence-electron chi connectivity index (χ3n) is 4.74. The van der Waals surface area contributed by atoms with Crippen molar-refractivity contribution in [3.63, 3.8) is 0 Å². The van der Waals surface area contributed by atoms with E-state index >= 15 is 0 Å². The van der Waals surface area contributed by atoms with Gasteiger partial charge in [-0.15, -0.1) is 23.5 Å². The number of para-hydroxylation sites is 1. The number of hydrogen-bond donors (Lipinski definition) is 3. The van der Waals surface area contributed by atoms with Crippen LogP contribution in [0, 0.1) is 5.92 Å². The Morgan fingerprint density at radius 3 is 3.11 bits per heavy atom. The summed E-state index contributed by atoms with van der Waals surface area (Å²) in [6, 6.07) is 8.15. The van der Waals surface area contributed by atoms with E-state index in [2.05, 4.69) is 26.7 Å². The molecule has 2 aliphatic heterocycles. The van der Waals surface area contributed by atoms with Crippen molar-refractivity contribution in [3.8, 4) is 0 Å². The Morgan fingerprint density at radius 1 is 1.36 bits per heavy atom. The topological polar surface area (TPSA) is 86.4 Å². The first kappa shape index (κ1) is 19.1. The van der Waals surface area contributed by atoms with E-state index in [9.17, 15) is 9.59 Å². The number of fused-ring (bicyclic) bond motifs is 2. The number of amidine groups is 1. The van der Waals surface area contributed by atoms with Crippen LogP contribution in [-0.4, -0.2) is 46.1 Å². The van der Waals surface area contributed by atoms with E-state index < -0.39 is 0 Å². The molecule has 4 rings (SSSR count). The SMILES string of the molecule is CC1=C[C@@H]2C(=O)NC(CSCC(=O)NCCc3c[nH]c4ccccc34)=N[C@H]2S1. The van der Waals surface area contributed by atoms with E-state index in [0.29, 0.717) is 23.9 Å². The molecule has 0 unspecified atom stereocenters. The highest BCUT2D eigenvalue weighted by atomic mass is 32.2. The molecule has 0 fully saturated rings. The molecule has 28 heavy (non-hydrogen) atoms. The number of nitrogens with one attached hydrogen (secondary N) is 3. The van der Waals surface area contributed by atoms with E-state index in [1.54, 1.807) is 11.8 Å². The molecule has 1 aromatic heterocycles. The molecule has 3 N–H and O–H groups in total. The normalized spacial score (nSPS) is 21.1. The van der Waals surface area contributed by atoms with Crippen molar-refractivity contribution in [2.75, 3.05) is 18.1 Å². The molecule has 6 nitrogen and oxygen atoms in total. The van der Waals surface area contributed by atoms with Crippen LogP contribution in [0.1, 0.15) is 12.5 Å². The molecule has 0 radical (unpaired) electrons. The van der Waals surface area contributed by atoms with Gasteiger partial charge in [0.1, 0.15) is 11.2 Å². The lowest BCUT2D eigenvalue weighted by molar-refractivity contribution is -0.122. The maximum atomic E-state index is 12.1. The van der Waals surface area contributed by atoms with Crippen LogP contribution in [0.25, 0.3) is 10.9 Å². The molecule has 0 spiro atoms. The maximum Gasteiger partial charge on any atom is 0.235 e. The number of allylic oxidation sites excluding steroid dienone is 1. The van der Waals surface area contributed by atoms with Crippen LogP contribution < -0.4 is 10.6 Å². The van der Waals surface area contributed by atoms with Crippen molar-refractivity contribution in [2.24, 2.45) is 10.9 Å². The number of carbonyl (C=O) groups is 2. The zero-order valence-corrected chi connectivity index (χ0v) is 17.2. The molecule has 8 heteroatoms. The average Bonchev–Trinajstić information content (AvgIpc) is 3.25. The Bertz CT molecular complexity index is 966. The summed E-state index contributed by atoms with van der Waals surface area (Å²) in [5.41, 5.74) is 2.32. The largest absolute Gasteiger partial charge is 0.361 e. The summed E-state index contributed by atoms with van der Waals surface area (Å²) in [6.07, 6.45) is 4.76. The Hall–Kier alpha value is -2.19. The number of hydrogen-bond acceptors (Lipinski definition) is 5. The second-order valence-corrected chi connectivity index (χ2v) is 9.18. The highest BCUT2D eigenvalue weighted by Crippen LogP contribution is 2.38. The zero-order valence-electron chi connectivity index (χ0n) is 15.5. The van der Waals surface area contributed by atoms with Gasteiger partial charge in [0.15, 0.2) is 0 Å². The Balaban J connectivity index is 1.19. The molecule has 0 saturated heterocycles. The number of thioether (sulfide) groups is 2. The van der Waals surface area contributed by atoms with Gasteiger partial charge in [-0.3, -0.25) is 14.6 Å². The zero-order chi connectivity index (χ0) is 19.5. The van der Waals surface area contributed by atoms with E-state index in [-0.39, 0.29) is 23.1 Å². The maximum absolute atomic E-state index is 12.1. The van der Waals surface area contributed by atoms with Crippen molar-refractivity contribution in [1.82, 2.24) is 15.6 Å². The first-order valence-corrected chi connectivity index (χ1v) is 11.3. The number of rotatable bonds is 7. The molecule has 2 aliphatic rings. The van der Waals surface area contributed by atoms with Gasteiger partial charge in [-0.1, -0.05) is 24.3 Å². The molecule has 2 aromatic rings. The standard InChI is InChI=1S/C20H22N4O2S2/c1-12-8-15-19(26)23-17(24-20(15)28-12)10-27-11-18(25)21-7-6-13-9-22-16-5-3-2-4-14(13)16/h2-5,8-9,15,20,22H,6-7,10-11H2,1H3,(H,21,25)(H,23,24,26)/t15-,20+/m1/s1. The number of nitrogens with zero attached hydrogens (tertiary/aromatic N) is 1. The van der Waals surface area contributed by atoms with Crippen molar-refractivity contribution >= 4 is 52.1 Å². The molecule has 3 heterocycles. The minimum Gasteiger partial charge on any atom is -0.361 e. The van der Waals surface area contributed by atoms with Crippen LogP contribution in [0.3, 0.4) is 0 Å². The molecule has 1 aromatic carbocycles. The molecule has 0 bridgehead atoms. The lowest BCUT2D eigenvalue weighted by Crippen LogP contribution is -2.44. The first-order chi connectivity index (χ1) is 13.6. The summed E-state index contributed by atoms with van der Waals surface area (Å²) >= 11 is 3.09. The van der Waals surface area contributed by atoms with E-state index in [0.717, 1.165) is 16.8 Å². The first-order valence-electron chi connectivity index (χ1n) is 9.22. The summed E-state index contributed by atoms with van der Waals surface area (Å²) in [6.45, 7) is 2.60. The lowest BCUT2D eigenvalue weighted by atomic mass is 10.1. The van der Waals surface area contributed by atoms with Crippen LogP contribution in [0.4, 0.5) is 0 Å². The number of aliphatic imine (C=N–C) groups is 1. The van der Waals surface area contributed by atoms with Gasteiger partial charge in [0.05, 0.1) is 17.4 Å². The number of aromatic amines is 1. The summed E-state index contributed by atoms with van der Waals surface area (Å²) in [5, 5.41) is 6.97. The Labute approximate surface area is 172 Å². The fourth-order valence-electron chi connectivity index (χ4n) is 3.40.